The van der Waals surface area contributed by atoms with Crippen molar-refractivity contribution in [2.24, 2.45) is 5.92 Å². The van der Waals surface area contributed by atoms with Crippen molar-refractivity contribution in [1.29, 1.82) is 0 Å². The van der Waals surface area contributed by atoms with E-state index in [2.05, 4.69) is 23.5 Å². The number of hydrogen-bond donors (Lipinski definition) is 1. The molecular formula is C22H25NO2. The van der Waals surface area contributed by atoms with Crippen molar-refractivity contribution >= 4 is 6.09 Å². The molecule has 2 aromatic carbocycles. The van der Waals surface area contributed by atoms with Crippen LogP contribution in [0.4, 0.5) is 4.79 Å². The monoisotopic (exact) mass is 335 g/mol. The van der Waals surface area contributed by atoms with E-state index in [9.17, 15) is 4.79 Å². The van der Waals surface area contributed by atoms with Gasteiger partial charge in [-0.2, -0.15) is 0 Å². The molecule has 1 N–H and O–H groups in total. The smallest absolute Gasteiger partial charge is 0.410 e. The van der Waals surface area contributed by atoms with Crippen molar-refractivity contribution in [3.63, 3.8) is 0 Å². The number of carbonyl (C=O) groups excluding carboxylic acids is 1. The van der Waals surface area contributed by atoms with Gasteiger partial charge in [0.1, 0.15) is 5.75 Å². The van der Waals surface area contributed by atoms with E-state index in [4.69, 9.17) is 4.74 Å². The summed E-state index contributed by atoms with van der Waals surface area (Å²) in [5, 5.41) is 3.18. The maximum Gasteiger partial charge on any atom is 0.413 e. The van der Waals surface area contributed by atoms with Gasteiger partial charge in [0.05, 0.1) is 5.54 Å². The zero-order chi connectivity index (χ0) is 17.1. The number of fused-ring (bicyclic) bond motifs is 1. The summed E-state index contributed by atoms with van der Waals surface area (Å²) in [6, 6.07) is 18.3. The fraction of sp³-hybridized carbons (Fsp3) is 0.409. The summed E-state index contributed by atoms with van der Waals surface area (Å²) in [6.45, 7) is 0. The van der Waals surface area contributed by atoms with E-state index < -0.39 is 5.54 Å². The highest BCUT2D eigenvalue weighted by molar-refractivity contribution is 5.76. The first-order valence-corrected chi connectivity index (χ1v) is 9.43. The number of para-hydroxylation sites is 1. The van der Waals surface area contributed by atoms with Gasteiger partial charge in [-0.05, 0) is 30.4 Å². The number of amides is 1. The van der Waals surface area contributed by atoms with Crippen molar-refractivity contribution in [2.75, 3.05) is 0 Å². The maximum absolute atomic E-state index is 12.3. The van der Waals surface area contributed by atoms with Crippen LogP contribution in [0.15, 0.2) is 54.6 Å². The van der Waals surface area contributed by atoms with Crippen LogP contribution in [0.2, 0.25) is 0 Å². The SMILES string of the molecule is O=C1NC(CCC2CCCCC2)(c2ccccc2)c2ccccc2O1. The summed E-state index contributed by atoms with van der Waals surface area (Å²) in [4.78, 5) is 12.3. The Morgan fingerprint density at radius 3 is 2.48 bits per heavy atom. The molecule has 0 aromatic heterocycles. The highest BCUT2D eigenvalue weighted by Crippen LogP contribution is 2.43. The van der Waals surface area contributed by atoms with Gasteiger partial charge in [0.2, 0.25) is 0 Å². The summed E-state index contributed by atoms with van der Waals surface area (Å²) in [5.74, 6) is 1.44. The molecule has 2 aliphatic rings. The van der Waals surface area contributed by atoms with Crippen molar-refractivity contribution in [3.8, 4) is 5.75 Å². The van der Waals surface area contributed by atoms with Gasteiger partial charge < -0.3 is 10.1 Å². The maximum atomic E-state index is 12.3. The molecule has 1 aliphatic carbocycles. The second-order valence-electron chi connectivity index (χ2n) is 7.32. The van der Waals surface area contributed by atoms with Crippen LogP contribution in [-0.4, -0.2) is 6.09 Å². The zero-order valence-corrected chi connectivity index (χ0v) is 14.5. The minimum Gasteiger partial charge on any atom is -0.410 e. The fourth-order valence-electron chi connectivity index (χ4n) is 4.46. The lowest BCUT2D eigenvalue weighted by molar-refractivity contribution is 0.171. The van der Waals surface area contributed by atoms with Crippen LogP contribution in [0.1, 0.15) is 56.1 Å². The summed E-state index contributed by atoms with van der Waals surface area (Å²) < 4.78 is 5.45. The van der Waals surface area contributed by atoms with Crippen LogP contribution in [0.25, 0.3) is 0 Å². The van der Waals surface area contributed by atoms with E-state index in [1.54, 1.807) is 0 Å². The highest BCUT2D eigenvalue weighted by Gasteiger charge is 2.42. The van der Waals surface area contributed by atoms with E-state index in [-0.39, 0.29) is 6.09 Å². The zero-order valence-electron chi connectivity index (χ0n) is 14.5. The summed E-state index contributed by atoms with van der Waals surface area (Å²) in [5.41, 5.74) is 1.71. The van der Waals surface area contributed by atoms with Gasteiger partial charge >= 0.3 is 6.09 Å². The van der Waals surface area contributed by atoms with Crippen LogP contribution in [0.3, 0.4) is 0 Å². The number of benzene rings is 2. The summed E-state index contributed by atoms with van der Waals surface area (Å²) in [6.07, 6.45) is 8.37. The standard InChI is InChI=1S/C22H25NO2/c24-21-23-22(18-11-5-2-6-12-18,16-15-17-9-3-1-4-10-17)19-13-7-8-14-20(19)25-21/h2,5-8,11-14,17H,1,3-4,9-10,15-16H2,(H,23,24). The van der Waals surface area contributed by atoms with Crippen molar-refractivity contribution in [2.45, 2.75) is 50.5 Å². The third kappa shape index (κ3) is 3.15. The van der Waals surface area contributed by atoms with Crippen LogP contribution < -0.4 is 10.1 Å². The van der Waals surface area contributed by atoms with Gasteiger partial charge in [-0.3, -0.25) is 0 Å². The molecule has 1 heterocycles. The van der Waals surface area contributed by atoms with Gasteiger partial charge in [-0.15, -0.1) is 0 Å². The lowest BCUT2D eigenvalue weighted by atomic mass is 9.75. The molecule has 0 bridgehead atoms. The van der Waals surface area contributed by atoms with E-state index in [1.807, 2.05) is 36.4 Å². The first-order valence-electron chi connectivity index (χ1n) is 9.43. The normalized spacial score (nSPS) is 23.4. The molecule has 0 saturated heterocycles. The first-order chi connectivity index (χ1) is 12.3. The number of nitrogens with one attached hydrogen (secondary N) is 1. The molecule has 2 aromatic rings. The molecule has 25 heavy (non-hydrogen) atoms. The lowest BCUT2D eigenvalue weighted by Crippen LogP contribution is -2.51. The van der Waals surface area contributed by atoms with Gasteiger partial charge in [-0.1, -0.05) is 80.6 Å². The summed E-state index contributed by atoms with van der Waals surface area (Å²) >= 11 is 0. The Labute approximate surface area is 149 Å². The molecule has 1 amide bonds. The highest BCUT2D eigenvalue weighted by atomic mass is 16.6. The Bertz CT molecular complexity index is 737. The number of rotatable bonds is 4. The Balaban J connectivity index is 1.73. The van der Waals surface area contributed by atoms with E-state index in [0.29, 0.717) is 5.75 Å². The molecular weight excluding hydrogens is 310 g/mol. The molecule has 1 unspecified atom stereocenters. The molecule has 4 rings (SSSR count). The van der Waals surface area contributed by atoms with Crippen molar-refractivity contribution < 1.29 is 9.53 Å². The first kappa shape index (κ1) is 16.2. The van der Waals surface area contributed by atoms with Crippen LogP contribution >= 0.6 is 0 Å². The van der Waals surface area contributed by atoms with Crippen molar-refractivity contribution in [1.82, 2.24) is 5.32 Å². The van der Waals surface area contributed by atoms with Crippen LogP contribution in [0, 0.1) is 5.92 Å². The minimum atomic E-state index is -0.495. The van der Waals surface area contributed by atoms with Gasteiger partial charge in [0, 0.05) is 5.56 Å². The second kappa shape index (κ2) is 6.91. The largest absolute Gasteiger partial charge is 0.413 e. The Hall–Kier alpha value is -2.29. The van der Waals surface area contributed by atoms with E-state index in [1.165, 1.54) is 32.1 Å². The molecule has 1 saturated carbocycles. The Morgan fingerprint density at radius 2 is 1.68 bits per heavy atom. The van der Waals surface area contributed by atoms with E-state index in [0.717, 1.165) is 29.9 Å². The molecule has 3 nitrogen and oxygen atoms in total. The van der Waals surface area contributed by atoms with Gasteiger partial charge in [0.15, 0.2) is 0 Å². The summed E-state index contributed by atoms with van der Waals surface area (Å²) in [7, 11) is 0. The molecule has 3 heteroatoms. The topological polar surface area (TPSA) is 38.3 Å². The predicted molar refractivity (Wildman–Crippen MR) is 98.6 cm³/mol. The quantitative estimate of drug-likeness (QED) is 0.813. The van der Waals surface area contributed by atoms with Gasteiger partial charge in [0.25, 0.3) is 0 Å². The lowest BCUT2D eigenvalue weighted by Gasteiger charge is -2.40. The molecule has 130 valence electrons. The number of hydrogen-bond acceptors (Lipinski definition) is 2. The third-order valence-electron chi connectivity index (χ3n) is 5.78. The van der Waals surface area contributed by atoms with Crippen LogP contribution in [-0.2, 0) is 5.54 Å². The average molecular weight is 335 g/mol. The molecule has 1 fully saturated rings. The van der Waals surface area contributed by atoms with E-state index >= 15 is 0 Å². The minimum absolute atomic E-state index is 0.355. The second-order valence-corrected chi connectivity index (χ2v) is 7.32. The number of carbonyl (C=O) groups is 1. The molecule has 1 atom stereocenters. The Kier molecular flexibility index (Phi) is 4.48. The third-order valence-corrected chi connectivity index (χ3v) is 5.78. The van der Waals surface area contributed by atoms with Crippen LogP contribution in [0.5, 0.6) is 5.75 Å². The predicted octanol–water partition coefficient (Wildman–Crippen LogP) is 5.39. The van der Waals surface area contributed by atoms with Crippen molar-refractivity contribution in [3.05, 3.63) is 65.7 Å². The Morgan fingerprint density at radius 1 is 0.960 bits per heavy atom. The molecule has 0 spiro atoms. The fourth-order valence-corrected chi connectivity index (χ4v) is 4.46. The molecule has 0 radical (unpaired) electrons. The number of ether oxygens (including phenoxy) is 1. The average Bonchev–Trinajstić information content (AvgIpc) is 2.67. The molecule has 1 aliphatic heterocycles. The van der Waals surface area contributed by atoms with Gasteiger partial charge in [-0.25, -0.2) is 4.79 Å².